The number of aromatic nitrogens is 1. The van der Waals surface area contributed by atoms with Gasteiger partial charge in [-0.05, 0) is 41.8 Å². The molecule has 0 bridgehead atoms. The Hall–Kier alpha value is -3.05. The van der Waals surface area contributed by atoms with Crippen LogP contribution < -0.4 is 15.4 Å². The predicted molar refractivity (Wildman–Crippen MR) is 114 cm³/mol. The summed E-state index contributed by atoms with van der Waals surface area (Å²) < 4.78 is 5.16. The van der Waals surface area contributed by atoms with Gasteiger partial charge < -0.3 is 15.4 Å². The van der Waals surface area contributed by atoms with Crippen LogP contribution in [0.1, 0.15) is 35.7 Å². The summed E-state index contributed by atoms with van der Waals surface area (Å²) in [6.45, 7) is 4.19. The highest BCUT2D eigenvalue weighted by atomic mass is 35.5. The number of ether oxygens (including phenoxy) is 1. The number of nitrogens with one attached hydrogen (secondary N) is 2. The maximum Gasteiger partial charge on any atom is 0.257 e. The second-order valence-electron chi connectivity index (χ2n) is 6.63. The maximum atomic E-state index is 12.7. The minimum atomic E-state index is -0.211. The van der Waals surface area contributed by atoms with Crippen molar-refractivity contribution < 1.29 is 9.53 Å². The van der Waals surface area contributed by atoms with Crippen molar-refractivity contribution in [3.8, 4) is 5.75 Å². The molecule has 3 aromatic rings. The van der Waals surface area contributed by atoms with Crippen molar-refractivity contribution in [1.82, 2.24) is 4.98 Å². The molecule has 0 aliphatic carbocycles. The summed E-state index contributed by atoms with van der Waals surface area (Å²) in [5.41, 5.74) is 3.82. The number of carbonyl (C=O) groups excluding carboxylic acids is 1. The van der Waals surface area contributed by atoms with Gasteiger partial charge >= 0.3 is 0 Å². The summed E-state index contributed by atoms with van der Waals surface area (Å²) >= 11 is 6.16. The molecule has 0 saturated heterocycles. The summed E-state index contributed by atoms with van der Waals surface area (Å²) in [5, 5.41) is 6.68. The minimum Gasteiger partial charge on any atom is -0.495 e. The van der Waals surface area contributed by atoms with Crippen LogP contribution in [0.15, 0.2) is 60.9 Å². The SMILES string of the molecule is COc1ccc(Nc2cncc(C(=O)Nc3ccccc3C(C)C)c2)cc1Cl. The Morgan fingerprint density at radius 1 is 1.07 bits per heavy atom. The van der Waals surface area contributed by atoms with Crippen LogP contribution in [0, 0.1) is 0 Å². The van der Waals surface area contributed by atoms with Crippen molar-refractivity contribution in [2.24, 2.45) is 0 Å². The van der Waals surface area contributed by atoms with Crippen molar-refractivity contribution in [3.05, 3.63) is 77.1 Å². The number of rotatable bonds is 6. The van der Waals surface area contributed by atoms with E-state index >= 15 is 0 Å². The number of pyridine rings is 1. The Balaban J connectivity index is 1.78. The van der Waals surface area contributed by atoms with Crippen molar-refractivity contribution in [2.45, 2.75) is 19.8 Å². The number of carbonyl (C=O) groups is 1. The molecule has 3 rings (SSSR count). The van der Waals surface area contributed by atoms with E-state index in [2.05, 4.69) is 29.5 Å². The number of para-hydroxylation sites is 1. The number of hydrogen-bond donors (Lipinski definition) is 2. The molecule has 5 nitrogen and oxygen atoms in total. The van der Waals surface area contributed by atoms with E-state index in [9.17, 15) is 4.79 Å². The molecule has 0 spiro atoms. The third-order valence-corrected chi connectivity index (χ3v) is 4.57. The van der Waals surface area contributed by atoms with Gasteiger partial charge in [-0.1, -0.05) is 43.6 Å². The summed E-state index contributed by atoms with van der Waals surface area (Å²) in [7, 11) is 1.57. The molecule has 0 saturated carbocycles. The Morgan fingerprint density at radius 2 is 1.86 bits per heavy atom. The Kier molecular flexibility index (Phi) is 6.16. The van der Waals surface area contributed by atoms with Gasteiger partial charge in [-0.25, -0.2) is 0 Å². The van der Waals surface area contributed by atoms with Crippen molar-refractivity contribution >= 4 is 34.6 Å². The molecule has 0 unspecified atom stereocenters. The lowest BCUT2D eigenvalue weighted by Gasteiger charge is -2.14. The molecule has 0 atom stereocenters. The maximum absolute atomic E-state index is 12.7. The highest BCUT2D eigenvalue weighted by Gasteiger charge is 2.12. The zero-order chi connectivity index (χ0) is 20.1. The average Bonchev–Trinajstić information content (AvgIpc) is 2.68. The topological polar surface area (TPSA) is 63.2 Å². The fraction of sp³-hybridized carbons (Fsp3) is 0.182. The molecule has 1 amide bonds. The molecular formula is C22H22ClN3O2. The molecule has 0 radical (unpaired) electrons. The number of nitrogens with zero attached hydrogens (tertiary/aromatic N) is 1. The smallest absolute Gasteiger partial charge is 0.257 e. The summed E-state index contributed by atoms with van der Waals surface area (Å²) in [4.78, 5) is 16.9. The van der Waals surface area contributed by atoms with E-state index in [1.54, 1.807) is 37.7 Å². The van der Waals surface area contributed by atoms with Crippen LogP contribution in [-0.2, 0) is 0 Å². The second kappa shape index (κ2) is 8.76. The number of halogens is 1. The van der Waals surface area contributed by atoms with Crippen LogP contribution in [-0.4, -0.2) is 18.0 Å². The highest BCUT2D eigenvalue weighted by molar-refractivity contribution is 6.32. The first-order chi connectivity index (χ1) is 13.5. The van der Waals surface area contributed by atoms with Gasteiger partial charge in [0.1, 0.15) is 5.75 Å². The quantitative estimate of drug-likeness (QED) is 0.548. The summed E-state index contributed by atoms with van der Waals surface area (Å²) in [6.07, 6.45) is 3.19. The molecule has 0 aliphatic heterocycles. The van der Waals surface area contributed by atoms with Crippen molar-refractivity contribution in [2.75, 3.05) is 17.7 Å². The van der Waals surface area contributed by atoms with E-state index in [0.29, 0.717) is 27.9 Å². The summed E-state index contributed by atoms with van der Waals surface area (Å²) in [6, 6.07) is 14.9. The Bertz CT molecular complexity index is 989. The molecule has 2 N–H and O–H groups in total. The van der Waals surface area contributed by atoms with E-state index in [1.165, 1.54) is 0 Å². The first kappa shape index (κ1) is 19.7. The Labute approximate surface area is 169 Å². The van der Waals surface area contributed by atoms with E-state index in [0.717, 1.165) is 16.9 Å². The molecule has 1 aromatic heterocycles. The molecule has 0 aliphatic rings. The van der Waals surface area contributed by atoms with E-state index in [1.807, 2.05) is 30.3 Å². The number of anilines is 3. The summed E-state index contributed by atoms with van der Waals surface area (Å²) in [5.74, 6) is 0.696. The third kappa shape index (κ3) is 4.61. The van der Waals surface area contributed by atoms with Crippen LogP contribution in [0.25, 0.3) is 0 Å². The van der Waals surface area contributed by atoms with Gasteiger partial charge in [0.2, 0.25) is 0 Å². The molecular weight excluding hydrogens is 374 g/mol. The van der Waals surface area contributed by atoms with Gasteiger partial charge in [-0.15, -0.1) is 0 Å². The van der Waals surface area contributed by atoms with Crippen LogP contribution in [0.3, 0.4) is 0 Å². The zero-order valence-corrected chi connectivity index (χ0v) is 16.7. The van der Waals surface area contributed by atoms with E-state index < -0.39 is 0 Å². The van der Waals surface area contributed by atoms with Gasteiger partial charge in [0, 0.05) is 17.6 Å². The third-order valence-electron chi connectivity index (χ3n) is 4.27. The van der Waals surface area contributed by atoms with Gasteiger partial charge in [-0.3, -0.25) is 9.78 Å². The van der Waals surface area contributed by atoms with Crippen LogP contribution >= 0.6 is 11.6 Å². The lowest BCUT2D eigenvalue weighted by molar-refractivity contribution is 0.102. The fourth-order valence-corrected chi connectivity index (χ4v) is 3.11. The Morgan fingerprint density at radius 3 is 2.57 bits per heavy atom. The number of benzene rings is 2. The number of amides is 1. The molecule has 6 heteroatoms. The van der Waals surface area contributed by atoms with Crippen LogP contribution in [0.4, 0.5) is 17.1 Å². The second-order valence-corrected chi connectivity index (χ2v) is 7.04. The van der Waals surface area contributed by atoms with Gasteiger partial charge in [0.05, 0.1) is 29.6 Å². The minimum absolute atomic E-state index is 0.211. The highest BCUT2D eigenvalue weighted by Crippen LogP contribution is 2.29. The van der Waals surface area contributed by atoms with Crippen molar-refractivity contribution in [1.29, 1.82) is 0 Å². The van der Waals surface area contributed by atoms with Crippen molar-refractivity contribution in [3.63, 3.8) is 0 Å². The number of hydrogen-bond acceptors (Lipinski definition) is 4. The van der Waals surface area contributed by atoms with Gasteiger partial charge in [-0.2, -0.15) is 0 Å². The largest absolute Gasteiger partial charge is 0.495 e. The normalized spacial score (nSPS) is 10.6. The lowest BCUT2D eigenvalue weighted by Crippen LogP contribution is -2.14. The van der Waals surface area contributed by atoms with Gasteiger partial charge in [0.25, 0.3) is 5.91 Å². The molecule has 2 aromatic carbocycles. The van der Waals surface area contributed by atoms with Crippen LogP contribution in [0.5, 0.6) is 5.75 Å². The zero-order valence-electron chi connectivity index (χ0n) is 16.0. The first-order valence-electron chi connectivity index (χ1n) is 8.94. The standard InChI is InChI=1S/C22H22ClN3O2/c1-14(2)18-6-4-5-7-20(18)26-22(27)15-10-17(13-24-12-15)25-16-8-9-21(28-3)19(23)11-16/h4-14,25H,1-3H3,(H,26,27). The first-order valence-corrected chi connectivity index (χ1v) is 9.31. The average molecular weight is 396 g/mol. The van der Waals surface area contributed by atoms with E-state index in [-0.39, 0.29) is 5.91 Å². The fourth-order valence-electron chi connectivity index (χ4n) is 2.85. The molecule has 0 fully saturated rings. The molecule has 1 heterocycles. The monoisotopic (exact) mass is 395 g/mol. The predicted octanol–water partition coefficient (Wildman–Crippen LogP) is 5.86. The van der Waals surface area contributed by atoms with E-state index in [4.69, 9.17) is 16.3 Å². The molecule has 28 heavy (non-hydrogen) atoms. The molecule has 144 valence electrons. The number of methoxy groups -OCH3 is 1. The lowest BCUT2D eigenvalue weighted by atomic mass is 10.0. The van der Waals surface area contributed by atoms with Gasteiger partial charge in [0.15, 0.2) is 0 Å². The van der Waals surface area contributed by atoms with Crippen LogP contribution in [0.2, 0.25) is 5.02 Å².